The van der Waals surface area contributed by atoms with Crippen LogP contribution in [0.5, 0.6) is 11.5 Å². The molecule has 0 saturated heterocycles. The zero-order valence-corrected chi connectivity index (χ0v) is 12.6. The minimum absolute atomic E-state index is 0.0405. The standard InChI is InChI=1S/C17H17ClO3/c1-11-3-2-4-13(9-19)16(11)21-10-14-8-15(18)7-12-5-6-20-17(12)14/h2-4,7-8,19H,5-6,9-10H2,1H3. The van der Waals surface area contributed by atoms with Gasteiger partial charge in [0, 0.05) is 22.6 Å². The molecule has 3 rings (SSSR count). The molecule has 2 aromatic rings. The molecule has 0 unspecified atom stereocenters. The Balaban J connectivity index is 1.86. The third-order valence-electron chi connectivity index (χ3n) is 3.66. The second-order valence-electron chi connectivity index (χ2n) is 5.16. The molecule has 0 saturated carbocycles. The lowest BCUT2D eigenvalue weighted by Gasteiger charge is -2.15. The van der Waals surface area contributed by atoms with E-state index >= 15 is 0 Å². The first kappa shape index (κ1) is 14.2. The van der Waals surface area contributed by atoms with E-state index in [-0.39, 0.29) is 6.61 Å². The maximum Gasteiger partial charge on any atom is 0.129 e. The summed E-state index contributed by atoms with van der Waals surface area (Å²) in [5, 5.41) is 10.1. The summed E-state index contributed by atoms with van der Waals surface area (Å²) in [6.45, 7) is 2.99. The quantitative estimate of drug-likeness (QED) is 0.937. The number of ether oxygens (including phenoxy) is 2. The van der Waals surface area contributed by atoms with Gasteiger partial charge < -0.3 is 14.6 Å². The summed E-state index contributed by atoms with van der Waals surface area (Å²) in [5.74, 6) is 1.62. The van der Waals surface area contributed by atoms with Gasteiger partial charge in [0.1, 0.15) is 18.1 Å². The highest BCUT2D eigenvalue weighted by Gasteiger charge is 2.18. The minimum atomic E-state index is -0.0405. The van der Waals surface area contributed by atoms with Crippen molar-refractivity contribution in [3.63, 3.8) is 0 Å². The first-order valence-electron chi connectivity index (χ1n) is 6.95. The number of para-hydroxylation sites is 1. The van der Waals surface area contributed by atoms with E-state index < -0.39 is 0 Å². The van der Waals surface area contributed by atoms with E-state index in [2.05, 4.69) is 0 Å². The molecule has 3 nitrogen and oxygen atoms in total. The molecule has 0 bridgehead atoms. The molecule has 4 heteroatoms. The summed E-state index contributed by atoms with van der Waals surface area (Å²) in [6.07, 6.45) is 0.884. The fourth-order valence-electron chi connectivity index (χ4n) is 2.65. The van der Waals surface area contributed by atoms with E-state index in [0.717, 1.165) is 40.2 Å². The van der Waals surface area contributed by atoms with Crippen molar-refractivity contribution in [3.8, 4) is 11.5 Å². The molecule has 0 fully saturated rings. The molecule has 0 spiro atoms. The lowest BCUT2D eigenvalue weighted by Crippen LogP contribution is -2.02. The molecule has 2 aromatic carbocycles. The number of aliphatic hydroxyl groups excluding tert-OH is 1. The van der Waals surface area contributed by atoms with Gasteiger partial charge in [-0.3, -0.25) is 0 Å². The Hall–Kier alpha value is -1.71. The Bertz CT molecular complexity index is 667. The topological polar surface area (TPSA) is 38.7 Å². The number of aliphatic hydroxyl groups is 1. The lowest BCUT2D eigenvalue weighted by atomic mass is 10.1. The maximum absolute atomic E-state index is 9.41. The Morgan fingerprint density at radius 3 is 2.95 bits per heavy atom. The van der Waals surface area contributed by atoms with Crippen LogP contribution in [-0.2, 0) is 19.6 Å². The molecule has 110 valence electrons. The third kappa shape index (κ3) is 2.85. The van der Waals surface area contributed by atoms with Crippen molar-refractivity contribution >= 4 is 11.6 Å². The highest BCUT2D eigenvalue weighted by molar-refractivity contribution is 6.30. The van der Waals surface area contributed by atoms with Gasteiger partial charge in [-0.05, 0) is 30.2 Å². The monoisotopic (exact) mass is 304 g/mol. The van der Waals surface area contributed by atoms with Crippen LogP contribution in [0, 0.1) is 6.92 Å². The van der Waals surface area contributed by atoms with Crippen molar-refractivity contribution in [2.75, 3.05) is 6.61 Å². The summed E-state index contributed by atoms with van der Waals surface area (Å²) in [4.78, 5) is 0. The van der Waals surface area contributed by atoms with Gasteiger partial charge in [0.15, 0.2) is 0 Å². The summed E-state index contributed by atoms with van der Waals surface area (Å²) >= 11 is 6.15. The van der Waals surface area contributed by atoms with Crippen LogP contribution in [0.1, 0.15) is 22.3 Å². The predicted octanol–water partition coefficient (Wildman–Crippen LogP) is 3.65. The van der Waals surface area contributed by atoms with Crippen LogP contribution < -0.4 is 9.47 Å². The molecular formula is C17H17ClO3. The largest absolute Gasteiger partial charge is 0.493 e. The molecule has 0 atom stereocenters. The van der Waals surface area contributed by atoms with E-state index in [1.54, 1.807) is 0 Å². The normalized spacial score (nSPS) is 12.9. The number of aryl methyl sites for hydroxylation is 1. The highest BCUT2D eigenvalue weighted by Crippen LogP contribution is 2.34. The van der Waals surface area contributed by atoms with Crippen molar-refractivity contribution in [2.24, 2.45) is 0 Å². The van der Waals surface area contributed by atoms with Crippen LogP contribution in [0.3, 0.4) is 0 Å². The van der Waals surface area contributed by atoms with E-state index in [1.807, 2.05) is 37.3 Å². The van der Waals surface area contributed by atoms with Crippen LogP contribution in [0.2, 0.25) is 5.02 Å². The third-order valence-corrected chi connectivity index (χ3v) is 3.88. The number of hydrogen-bond acceptors (Lipinski definition) is 3. The fraction of sp³-hybridized carbons (Fsp3) is 0.294. The average Bonchev–Trinajstić information content (AvgIpc) is 2.93. The molecule has 1 heterocycles. The van der Waals surface area contributed by atoms with Crippen LogP contribution in [0.4, 0.5) is 0 Å². The number of halogens is 1. The molecule has 1 aliphatic heterocycles. The predicted molar refractivity (Wildman–Crippen MR) is 82.1 cm³/mol. The van der Waals surface area contributed by atoms with E-state index in [9.17, 15) is 5.11 Å². The van der Waals surface area contributed by atoms with Gasteiger partial charge in [0.05, 0.1) is 13.2 Å². The second kappa shape index (κ2) is 5.96. The summed E-state index contributed by atoms with van der Waals surface area (Å²) in [7, 11) is 0. The number of benzene rings is 2. The van der Waals surface area contributed by atoms with Crippen molar-refractivity contribution in [1.29, 1.82) is 0 Å². The average molecular weight is 305 g/mol. The van der Waals surface area contributed by atoms with Gasteiger partial charge in [-0.25, -0.2) is 0 Å². The number of hydrogen-bond donors (Lipinski definition) is 1. The Kier molecular flexibility index (Phi) is 4.04. The van der Waals surface area contributed by atoms with Gasteiger partial charge in [-0.2, -0.15) is 0 Å². The molecule has 0 amide bonds. The first-order chi connectivity index (χ1) is 10.2. The summed E-state index contributed by atoms with van der Waals surface area (Å²) in [6, 6.07) is 9.56. The molecule has 0 aromatic heterocycles. The van der Waals surface area contributed by atoms with Crippen molar-refractivity contribution in [3.05, 3.63) is 57.6 Å². The van der Waals surface area contributed by atoms with Gasteiger partial charge >= 0.3 is 0 Å². The second-order valence-corrected chi connectivity index (χ2v) is 5.60. The van der Waals surface area contributed by atoms with Gasteiger partial charge in [0.2, 0.25) is 0 Å². The van der Waals surface area contributed by atoms with E-state index in [1.165, 1.54) is 0 Å². The number of rotatable bonds is 4. The molecular weight excluding hydrogens is 288 g/mol. The molecule has 1 aliphatic rings. The summed E-state index contributed by atoms with van der Waals surface area (Å²) < 4.78 is 11.6. The van der Waals surface area contributed by atoms with Crippen LogP contribution in [0.25, 0.3) is 0 Å². The van der Waals surface area contributed by atoms with Gasteiger partial charge in [-0.15, -0.1) is 0 Å². The Morgan fingerprint density at radius 2 is 2.14 bits per heavy atom. The van der Waals surface area contributed by atoms with E-state index in [4.69, 9.17) is 21.1 Å². The summed E-state index contributed by atoms with van der Waals surface area (Å²) in [5.41, 5.74) is 3.87. The minimum Gasteiger partial charge on any atom is -0.493 e. The lowest BCUT2D eigenvalue weighted by molar-refractivity contribution is 0.255. The fourth-order valence-corrected chi connectivity index (χ4v) is 2.91. The van der Waals surface area contributed by atoms with Crippen LogP contribution >= 0.6 is 11.6 Å². The highest BCUT2D eigenvalue weighted by atomic mass is 35.5. The Labute approximate surface area is 129 Å². The van der Waals surface area contributed by atoms with Crippen LogP contribution in [0.15, 0.2) is 30.3 Å². The smallest absolute Gasteiger partial charge is 0.129 e. The van der Waals surface area contributed by atoms with Gasteiger partial charge in [-0.1, -0.05) is 29.8 Å². The zero-order valence-electron chi connectivity index (χ0n) is 11.9. The van der Waals surface area contributed by atoms with Gasteiger partial charge in [0.25, 0.3) is 0 Å². The van der Waals surface area contributed by atoms with Crippen molar-refractivity contribution in [1.82, 2.24) is 0 Å². The first-order valence-corrected chi connectivity index (χ1v) is 7.33. The molecule has 21 heavy (non-hydrogen) atoms. The van der Waals surface area contributed by atoms with Crippen LogP contribution in [-0.4, -0.2) is 11.7 Å². The zero-order chi connectivity index (χ0) is 14.8. The maximum atomic E-state index is 9.41. The SMILES string of the molecule is Cc1cccc(CO)c1OCc1cc(Cl)cc2c1OCC2. The molecule has 0 radical (unpaired) electrons. The number of fused-ring (bicyclic) bond motifs is 1. The van der Waals surface area contributed by atoms with Crippen molar-refractivity contribution < 1.29 is 14.6 Å². The molecule has 1 N–H and O–H groups in total. The molecule has 0 aliphatic carbocycles. The van der Waals surface area contributed by atoms with E-state index in [0.29, 0.717) is 18.2 Å². The Morgan fingerprint density at radius 1 is 1.29 bits per heavy atom. The van der Waals surface area contributed by atoms with Crippen molar-refractivity contribution in [2.45, 2.75) is 26.6 Å².